The van der Waals surface area contributed by atoms with Crippen LogP contribution in [-0.4, -0.2) is 6.85 Å². The summed E-state index contributed by atoms with van der Waals surface area (Å²) in [6.07, 6.45) is 0. The van der Waals surface area contributed by atoms with Crippen molar-refractivity contribution in [1.82, 2.24) is 0 Å². The third-order valence-corrected chi connectivity index (χ3v) is 6.97. The number of benzene rings is 5. The SMILES string of the molecule is c1ccc2c(c1)Oc1ccccc1B2N1c2ccccc2Oc2ccc3c(oc4ccccc43)c21. The Morgan fingerprint density at radius 3 is 1.94 bits per heavy atom. The third-order valence-electron chi connectivity index (χ3n) is 6.97. The number of rotatable bonds is 1. The molecular weight excluding hydrogens is 433 g/mol. The number of nitrogens with zero attached hydrogens (tertiary/aromatic N) is 1. The van der Waals surface area contributed by atoms with Crippen LogP contribution < -0.4 is 25.2 Å². The minimum Gasteiger partial charge on any atom is -0.458 e. The van der Waals surface area contributed by atoms with E-state index in [1.165, 1.54) is 0 Å². The Labute approximate surface area is 202 Å². The summed E-state index contributed by atoms with van der Waals surface area (Å²) >= 11 is 0. The zero-order chi connectivity index (χ0) is 22.9. The maximum atomic E-state index is 6.51. The molecule has 3 heterocycles. The van der Waals surface area contributed by atoms with E-state index >= 15 is 0 Å². The van der Waals surface area contributed by atoms with E-state index in [0.29, 0.717) is 0 Å². The van der Waals surface area contributed by atoms with E-state index < -0.39 is 0 Å². The largest absolute Gasteiger partial charge is 0.458 e. The highest BCUT2D eigenvalue weighted by Crippen LogP contribution is 2.52. The lowest BCUT2D eigenvalue weighted by atomic mass is 9.47. The summed E-state index contributed by atoms with van der Waals surface area (Å²) in [5.74, 6) is 3.31. The molecule has 0 spiro atoms. The maximum absolute atomic E-state index is 6.51. The van der Waals surface area contributed by atoms with Gasteiger partial charge in [0.25, 0.3) is 0 Å². The molecular formula is C30H18BNO3. The highest BCUT2D eigenvalue weighted by atomic mass is 16.5. The molecule has 35 heavy (non-hydrogen) atoms. The number of furan rings is 1. The molecule has 0 atom stereocenters. The fourth-order valence-corrected chi connectivity index (χ4v) is 5.48. The summed E-state index contributed by atoms with van der Waals surface area (Å²) in [6, 6.07) is 37.0. The quantitative estimate of drug-likeness (QED) is 0.259. The number of anilines is 2. The number of hydrogen-bond acceptors (Lipinski definition) is 4. The van der Waals surface area contributed by atoms with E-state index in [1.54, 1.807) is 0 Å². The lowest BCUT2D eigenvalue weighted by Gasteiger charge is -2.39. The predicted molar refractivity (Wildman–Crippen MR) is 140 cm³/mol. The number of hydrogen-bond donors (Lipinski definition) is 0. The molecule has 0 saturated heterocycles. The van der Waals surface area contributed by atoms with Crippen molar-refractivity contribution in [2.45, 2.75) is 0 Å². The van der Waals surface area contributed by atoms with Crippen LogP contribution in [0.5, 0.6) is 23.0 Å². The van der Waals surface area contributed by atoms with Crippen LogP contribution in [0.2, 0.25) is 0 Å². The van der Waals surface area contributed by atoms with Crippen molar-refractivity contribution >= 4 is 51.1 Å². The van der Waals surface area contributed by atoms with Gasteiger partial charge in [-0.15, -0.1) is 0 Å². The zero-order valence-corrected chi connectivity index (χ0v) is 18.6. The van der Waals surface area contributed by atoms with Crippen LogP contribution in [0.3, 0.4) is 0 Å². The first-order valence-electron chi connectivity index (χ1n) is 11.7. The monoisotopic (exact) mass is 451 g/mol. The molecule has 6 aromatic rings. The second-order valence-corrected chi connectivity index (χ2v) is 8.91. The molecule has 164 valence electrons. The Hall–Kier alpha value is -4.64. The fourth-order valence-electron chi connectivity index (χ4n) is 5.48. The molecule has 5 heteroatoms. The highest BCUT2D eigenvalue weighted by molar-refractivity contribution is 6.91. The first-order chi connectivity index (χ1) is 17.4. The predicted octanol–water partition coefficient (Wildman–Crippen LogP) is 6.74. The van der Waals surface area contributed by atoms with E-state index in [2.05, 4.69) is 59.4 Å². The average Bonchev–Trinajstić information content (AvgIpc) is 3.29. The summed E-state index contributed by atoms with van der Waals surface area (Å²) in [4.78, 5) is 2.36. The first kappa shape index (κ1) is 18.8. The normalized spacial score (nSPS) is 13.5. The van der Waals surface area contributed by atoms with E-state index in [4.69, 9.17) is 13.9 Å². The molecule has 0 aliphatic carbocycles. The summed E-state index contributed by atoms with van der Waals surface area (Å²) < 4.78 is 19.3. The van der Waals surface area contributed by atoms with Gasteiger partial charge in [0.2, 0.25) is 0 Å². The third kappa shape index (κ3) is 2.58. The van der Waals surface area contributed by atoms with Gasteiger partial charge in [0.15, 0.2) is 11.3 Å². The molecule has 2 aliphatic heterocycles. The number of para-hydroxylation sites is 5. The van der Waals surface area contributed by atoms with Crippen LogP contribution in [-0.2, 0) is 0 Å². The second kappa shape index (κ2) is 6.94. The molecule has 0 N–H and O–H groups in total. The van der Waals surface area contributed by atoms with E-state index in [9.17, 15) is 0 Å². The average molecular weight is 451 g/mol. The van der Waals surface area contributed by atoms with Gasteiger partial charge < -0.3 is 18.7 Å². The lowest BCUT2D eigenvalue weighted by Crippen LogP contribution is -2.57. The van der Waals surface area contributed by atoms with Gasteiger partial charge in [-0.2, -0.15) is 0 Å². The molecule has 4 nitrogen and oxygen atoms in total. The van der Waals surface area contributed by atoms with Gasteiger partial charge >= 0.3 is 6.85 Å². The van der Waals surface area contributed by atoms with Gasteiger partial charge in [-0.05, 0) is 53.4 Å². The summed E-state index contributed by atoms with van der Waals surface area (Å²) in [5, 5.41) is 2.16. The molecule has 5 aromatic carbocycles. The Morgan fingerprint density at radius 2 is 1.14 bits per heavy atom. The van der Waals surface area contributed by atoms with Gasteiger partial charge in [-0.1, -0.05) is 66.7 Å². The summed E-state index contributed by atoms with van der Waals surface area (Å²) in [5.41, 5.74) is 5.80. The highest BCUT2D eigenvalue weighted by Gasteiger charge is 2.42. The van der Waals surface area contributed by atoms with Crippen molar-refractivity contribution in [3.8, 4) is 23.0 Å². The molecule has 0 unspecified atom stereocenters. The Balaban J connectivity index is 1.49. The molecule has 0 bridgehead atoms. The molecule has 0 fully saturated rings. The maximum Gasteiger partial charge on any atom is 0.336 e. The van der Waals surface area contributed by atoms with Crippen molar-refractivity contribution in [3.63, 3.8) is 0 Å². The second-order valence-electron chi connectivity index (χ2n) is 8.91. The van der Waals surface area contributed by atoms with E-state index in [-0.39, 0.29) is 6.85 Å². The minimum atomic E-state index is -0.126. The molecule has 0 amide bonds. The molecule has 0 saturated carbocycles. The molecule has 2 aliphatic rings. The summed E-state index contributed by atoms with van der Waals surface area (Å²) in [6.45, 7) is -0.126. The lowest BCUT2D eigenvalue weighted by molar-refractivity contribution is 0.476. The Kier molecular flexibility index (Phi) is 3.72. The van der Waals surface area contributed by atoms with Crippen LogP contribution in [0, 0.1) is 0 Å². The molecule has 8 rings (SSSR count). The van der Waals surface area contributed by atoms with Crippen LogP contribution in [0.4, 0.5) is 11.4 Å². The molecule has 0 radical (unpaired) electrons. The summed E-state index contributed by atoms with van der Waals surface area (Å²) in [7, 11) is 0. The van der Waals surface area contributed by atoms with Crippen LogP contribution in [0.1, 0.15) is 0 Å². The topological polar surface area (TPSA) is 34.8 Å². The number of ether oxygens (including phenoxy) is 2. The number of fused-ring (bicyclic) bond motifs is 8. The van der Waals surface area contributed by atoms with Gasteiger partial charge in [0.1, 0.15) is 28.5 Å². The van der Waals surface area contributed by atoms with Crippen molar-refractivity contribution in [3.05, 3.63) is 109 Å². The first-order valence-corrected chi connectivity index (χ1v) is 11.7. The van der Waals surface area contributed by atoms with Gasteiger partial charge in [-0.3, -0.25) is 0 Å². The molecule has 1 aromatic heterocycles. The van der Waals surface area contributed by atoms with Gasteiger partial charge in [-0.25, -0.2) is 0 Å². The van der Waals surface area contributed by atoms with Crippen molar-refractivity contribution in [2.24, 2.45) is 0 Å². The Bertz CT molecular complexity index is 1740. The minimum absolute atomic E-state index is 0.126. The fraction of sp³-hybridized carbons (Fsp3) is 0. The van der Waals surface area contributed by atoms with Gasteiger partial charge in [0.05, 0.1) is 5.69 Å². The van der Waals surface area contributed by atoms with Crippen molar-refractivity contribution < 1.29 is 13.9 Å². The van der Waals surface area contributed by atoms with Crippen molar-refractivity contribution in [2.75, 3.05) is 4.81 Å². The van der Waals surface area contributed by atoms with Crippen molar-refractivity contribution in [1.29, 1.82) is 0 Å². The van der Waals surface area contributed by atoms with E-state index in [0.717, 1.165) is 67.2 Å². The van der Waals surface area contributed by atoms with Gasteiger partial charge in [0, 0.05) is 10.8 Å². The zero-order valence-electron chi connectivity index (χ0n) is 18.6. The van der Waals surface area contributed by atoms with Crippen LogP contribution in [0.15, 0.2) is 114 Å². The standard InChI is InChI=1S/C30H18BNO3/c1-5-13-24-19(9-1)20-17-18-28-29(30(20)35-24)32(23-12-4-8-16-27(23)34-28)31-21-10-2-6-14-25(21)33-26-15-7-3-11-22(26)31/h1-18H. The van der Waals surface area contributed by atoms with E-state index in [1.807, 2.05) is 54.6 Å². The van der Waals surface area contributed by atoms with Crippen LogP contribution in [0.25, 0.3) is 21.9 Å². The smallest absolute Gasteiger partial charge is 0.336 e. The van der Waals surface area contributed by atoms with Crippen LogP contribution >= 0.6 is 0 Å². The Morgan fingerprint density at radius 1 is 0.514 bits per heavy atom.